The summed E-state index contributed by atoms with van der Waals surface area (Å²) in [5.41, 5.74) is 0.328. The van der Waals surface area contributed by atoms with Gasteiger partial charge in [0.15, 0.2) is 16.4 Å². The van der Waals surface area contributed by atoms with E-state index in [2.05, 4.69) is 21.2 Å². The molecule has 1 aromatic carbocycles. The maximum absolute atomic E-state index is 11.8. The molecule has 8 heteroatoms. The van der Waals surface area contributed by atoms with Crippen LogP contribution in [0.25, 0.3) is 0 Å². The van der Waals surface area contributed by atoms with E-state index in [1.165, 1.54) is 0 Å². The number of carbonyl (C=O) groups is 2. The standard InChI is InChI=1S/C13H14BrNO5S/c14-11-4-2-1-3-10(11)13(17)20-7-12(16)15-9-5-6-21(18,19)8-9/h1-4,9H,5-8H2,(H,15,16)/t9-/m1/s1. The van der Waals surface area contributed by atoms with Gasteiger partial charge in [0, 0.05) is 10.5 Å². The van der Waals surface area contributed by atoms with Crippen molar-refractivity contribution >= 4 is 37.6 Å². The Kier molecular flexibility index (Phi) is 5.00. The second-order valence-corrected chi connectivity index (χ2v) is 7.81. The number of sulfone groups is 1. The zero-order chi connectivity index (χ0) is 15.5. The molecule has 114 valence electrons. The highest BCUT2D eigenvalue weighted by Gasteiger charge is 2.29. The number of carbonyl (C=O) groups excluding carboxylic acids is 2. The zero-order valence-corrected chi connectivity index (χ0v) is 13.4. The fourth-order valence-corrected chi connectivity index (χ4v) is 4.13. The minimum absolute atomic E-state index is 0.0586. The third kappa shape index (κ3) is 4.53. The molecule has 1 saturated heterocycles. The SMILES string of the molecule is O=C(COC(=O)c1ccccc1Br)N[C@@H]1CCS(=O)(=O)C1. The summed E-state index contributed by atoms with van der Waals surface area (Å²) in [6.45, 7) is -0.434. The molecule has 0 saturated carbocycles. The van der Waals surface area contributed by atoms with Crippen LogP contribution in [0.3, 0.4) is 0 Å². The van der Waals surface area contributed by atoms with Gasteiger partial charge in [-0.25, -0.2) is 13.2 Å². The number of nitrogens with one attached hydrogen (secondary N) is 1. The second kappa shape index (κ2) is 6.57. The Labute approximate surface area is 130 Å². The highest BCUT2D eigenvalue weighted by Crippen LogP contribution is 2.16. The van der Waals surface area contributed by atoms with Gasteiger partial charge in [-0.2, -0.15) is 0 Å². The van der Waals surface area contributed by atoms with Crippen LogP contribution < -0.4 is 5.32 Å². The summed E-state index contributed by atoms with van der Waals surface area (Å²) in [6.07, 6.45) is 0.395. The number of hydrogen-bond acceptors (Lipinski definition) is 5. The van der Waals surface area contributed by atoms with E-state index in [-0.39, 0.29) is 11.5 Å². The Balaban J connectivity index is 1.82. The van der Waals surface area contributed by atoms with Crippen molar-refractivity contribution < 1.29 is 22.7 Å². The summed E-state index contributed by atoms with van der Waals surface area (Å²) in [7, 11) is -3.05. The summed E-state index contributed by atoms with van der Waals surface area (Å²) in [6, 6.07) is 6.32. The van der Waals surface area contributed by atoms with E-state index in [1.807, 2.05) is 0 Å². The molecule has 0 aliphatic carbocycles. The van der Waals surface area contributed by atoms with E-state index in [4.69, 9.17) is 4.74 Å². The molecule has 2 rings (SSSR count). The average Bonchev–Trinajstić information content (AvgIpc) is 2.75. The lowest BCUT2D eigenvalue weighted by Gasteiger charge is -2.11. The van der Waals surface area contributed by atoms with Gasteiger partial charge in [-0.05, 0) is 34.5 Å². The van der Waals surface area contributed by atoms with Gasteiger partial charge in [0.25, 0.3) is 5.91 Å². The second-order valence-electron chi connectivity index (χ2n) is 4.72. The first-order chi connectivity index (χ1) is 9.87. The van der Waals surface area contributed by atoms with Gasteiger partial charge in [-0.15, -0.1) is 0 Å². The summed E-state index contributed by atoms with van der Waals surface area (Å²) < 4.78 is 28.0. The van der Waals surface area contributed by atoms with Gasteiger partial charge in [0.05, 0.1) is 17.1 Å². The minimum Gasteiger partial charge on any atom is -0.452 e. The van der Waals surface area contributed by atoms with Crippen molar-refractivity contribution in [1.29, 1.82) is 0 Å². The molecule has 0 radical (unpaired) electrons. The predicted octanol–water partition coefficient (Wildman–Crippen LogP) is 0.909. The summed E-state index contributed by atoms with van der Waals surface area (Å²) in [4.78, 5) is 23.4. The first-order valence-corrected chi connectivity index (χ1v) is 8.90. The number of benzene rings is 1. The topological polar surface area (TPSA) is 89.5 Å². The Bertz CT molecular complexity index is 658. The zero-order valence-electron chi connectivity index (χ0n) is 11.0. The molecule has 0 aromatic heterocycles. The molecule has 1 amide bonds. The Morgan fingerprint density at radius 1 is 1.33 bits per heavy atom. The molecule has 1 fully saturated rings. The molecular weight excluding hydrogens is 362 g/mol. The predicted molar refractivity (Wildman–Crippen MR) is 79.6 cm³/mol. The number of hydrogen-bond donors (Lipinski definition) is 1. The normalized spacial score (nSPS) is 20.0. The Hall–Kier alpha value is -1.41. The minimum atomic E-state index is -3.05. The van der Waals surface area contributed by atoms with Gasteiger partial charge >= 0.3 is 5.97 Å². The third-order valence-corrected chi connectivity index (χ3v) is 5.49. The van der Waals surface area contributed by atoms with Gasteiger partial charge in [-0.1, -0.05) is 12.1 Å². The van der Waals surface area contributed by atoms with Crippen molar-refractivity contribution in [3.05, 3.63) is 34.3 Å². The maximum atomic E-state index is 11.8. The van der Waals surface area contributed by atoms with Crippen LogP contribution in [0.4, 0.5) is 0 Å². The number of halogens is 1. The van der Waals surface area contributed by atoms with E-state index >= 15 is 0 Å². The number of esters is 1. The van der Waals surface area contributed by atoms with E-state index in [0.29, 0.717) is 16.5 Å². The largest absolute Gasteiger partial charge is 0.452 e. The first-order valence-electron chi connectivity index (χ1n) is 6.29. The van der Waals surface area contributed by atoms with Crippen LogP contribution in [0.5, 0.6) is 0 Å². The molecule has 6 nitrogen and oxygen atoms in total. The lowest BCUT2D eigenvalue weighted by Crippen LogP contribution is -2.38. The van der Waals surface area contributed by atoms with E-state index in [9.17, 15) is 18.0 Å². The van der Waals surface area contributed by atoms with Gasteiger partial charge in [-0.3, -0.25) is 4.79 Å². The van der Waals surface area contributed by atoms with Crippen LogP contribution in [-0.2, 0) is 19.4 Å². The van der Waals surface area contributed by atoms with Gasteiger partial charge in [0.1, 0.15) is 0 Å². The van der Waals surface area contributed by atoms with Crippen molar-refractivity contribution in [2.75, 3.05) is 18.1 Å². The lowest BCUT2D eigenvalue weighted by atomic mass is 10.2. The molecule has 1 N–H and O–H groups in total. The van der Waals surface area contributed by atoms with Crippen LogP contribution in [0, 0.1) is 0 Å². The van der Waals surface area contributed by atoms with Crippen molar-refractivity contribution in [2.45, 2.75) is 12.5 Å². The maximum Gasteiger partial charge on any atom is 0.339 e. The van der Waals surface area contributed by atoms with Crippen LogP contribution >= 0.6 is 15.9 Å². The van der Waals surface area contributed by atoms with Crippen molar-refractivity contribution in [2.24, 2.45) is 0 Å². The fraction of sp³-hybridized carbons (Fsp3) is 0.385. The van der Waals surface area contributed by atoms with Gasteiger partial charge < -0.3 is 10.1 Å². The number of rotatable bonds is 4. The van der Waals surface area contributed by atoms with Crippen LogP contribution in [-0.4, -0.2) is 44.4 Å². The number of amides is 1. The smallest absolute Gasteiger partial charge is 0.339 e. The summed E-state index contributed by atoms with van der Waals surface area (Å²) in [5.74, 6) is -1.10. The van der Waals surface area contributed by atoms with Crippen LogP contribution in [0.1, 0.15) is 16.8 Å². The number of ether oxygens (including phenoxy) is 1. The third-order valence-electron chi connectivity index (χ3n) is 3.03. The van der Waals surface area contributed by atoms with Crippen molar-refractivity contribution in [3.8, 4) is 0 Å². The van der Waals surface area contributed by atoms with Crippen LogP contribution in [0.15, 0.2) is 28.7 Å². The average molecular weight is 376 g/mol. The lowest BCUT2D eigenvalue weighted by molar-refractivity contribution is -0.124. The molecule has 21 heavy (non-hydrogen) atoms. The van der Waals surface area contributed by atoms with Crippen LogP contribution in [0.2, 0.25) is 0 Å². The molecule has 1 aliphatic rings. The molecule has 0 unspecified atom stereocenters. The highest BCUT2D eigenvalue weighted by atomic mass is 79.9. The first kappa shape index (κ1) is 16.0. The molecular formula is C13H14BrNO5S. The Morgan fingerprint density at radius 2 is 2.05 bits per heavy atom. The fourth-order valence-electron chi connectivity index (χ4n) is 2.01. The molecule has 1 aromatic rings. The molecule has 0 bridgehead atoms. The quantitative estimate of drug-likeness (QED) is 0.789. The molecule has 0 spiro atoms. The van der Waals surface area contributed by atoms with E-state index in [0.717, 1.165) is 0 Å². The molecule has 1 atom stereocenters. The summed E-state index contributed by atoms with van der Waals surface area (Å²) >= 11 is 3.22. The molecule has 1 heterocycles. The van der Waals surface area contributed by atoms with Crippen molar-refractivity contribution in [1.82, 2.24) is 5.32 Å². The van der Waals surface area contributed by atoms with E-state index < -0.39 is 34.4 Å². The Morgan fingerprint density at radius 3 is 2.67 bits per heavy atom. The van der Waals surface area contributed by atoms with Gasteiger partial charge in [0.2, 0.25) is 0 Å². The molecule has 1 aliphatic heterocycles. The monoisotopic (exact) mass is 375 g/mol. The highest BCUT2D eigenvalue weighted by molar-refractivity contribution is 9.10. The summed E-state index contributed by atoms with van der Waals surface area (Å²) in [5, 5.41) is 2.55. The van der Waals surface area contributed by atoms with Crippen molar-refractivity contribution in [3.63, 3.8) is 0 Å². The van der Waals surface area contributed by atoms with E-state index in [1.54, 1.807) is 24.3 Å².